The molecule has 6 heteroatoms. The van der Waals surface area contributed by atoms with Gasteiger partial charge in [-0.2, -0.15) is 4.31 Å². The summed E-state index contributed by atoms with van der Waals surface area (Å²) in [6.07, 6.45) is 5.80. The van der Waals surface area contributed by atoms with Gasteiger partial charge in [0.1, 0.15) is 0 Å². The maximum Gasteiger partial charge on any atom is 0.214 e. The topological polar surface area (TPSA) is 50.3 Å². The zero-order valence-electron chi connectivity index (χ0n) is 10.1. The van der Waals surface area contributed by atoms with Crippen molar-refractivity contribution in [2.45, 2.75) is 31.8 Å². The molecule has 0 N–H and O–H groups in total. The molecule has 1 aliphatic carbocycles. The Bertz CT molecular complexity index is 474. The average molecular weight is 289 g/mol. The molecule has 2 rings (SSSR count). The SMILES string of the molecule is O=S(=O)(CCCCl)N(Cc1ccncc1)C1CC1. The molecule has 1 aromatic rings. The van der Waals surface area contributed by atoms with Gasteiger partial charge in [-0.3, -0.25) is 4.98 Å². The summed E-state index contributed by atoms with van der Waals surface area (Å²) in [7, 11) is -3.19. The van der Waals surface area contributed by atoms with Crippen molar-refractivity contribution < 1.29 is 8.42 Å². The van der Waals surface area contributed by atoms with E-state index in [1.807, 2.05) is 12.1 Å². The first kappa shape index (κ1) is 13.8. The van der Waals surface area contributed by atoms with Crippen LogP contribution in [0.5, 0.6) is 0 Å². The zero-order chi connectivity index (χ0) is 13.0. The third-order valence-electron chi connectivity index (χ3n) is 2.94. The van der Waals surface area contributed by atoms with Crippen molar-refractivity contribution in [2.24, 2.45) is 0 Å². The largest absolute Gasteiger partial charge is 0.265 e. The smallest absolute Gasteiger partial charge is 0.214 e. The molecule has 0 aliphatic heterocycles. The Hall–Kier alpha value is -0.650. The van der Waals surface area contributed by atoms with Crippen molar-refractivity contribution >= 4 is 21.6 Å². The first-order chi connectivity index (χ1) is 8.63. The fourth-order valence-corrected chi connectivity index (χ4v) is 3.89. The van der Waals surface area contributed by atoms with Crippen molar-refractivity contribution in [3.63, 3.8) is 0 Å². The monoisotopic (exact) mass is 288 g/mol. The lowest BCUT2D eigenvalue weighted by molar-refractivity contribution is 0.398. The van der Waals surface area contributed by atoms with Gasteiger partial charge in [0, 0.05) is 30.9 Å². The van der Waals surface area contributed by atoms with Crippen molar-refractivity contribution in [3.05, 3.63) is 30.1 Å². The Morgan fingerprint density at radius 2 is 2.00 bits per heavy atom. The van der Waals surface area contributed by atoms with E-state index in [1.165, 1.54) is 0 Å². The van der Waals surface area contributed by atoms with Crippen LogP contribution in [0.15, 0.2) is 24.5 Å². The molecule has 100 valence electrons. The molecular formula is C12H17ClN2O2S. The van der Waals surface area contributed by atoms with E-state index >= 15 is 0 Å². The van der Waals surface area contributed by atoms with Gasteiger partial charge in [0.25, 0.3) is 0 Å². The Kier molecular flexibility index (Phi) is 4.59. The number of pyridine rings is 1. The molecule has 1 heterocycles. The van der Waals surface area contributed by atoms with Crippen LogP contribution in [0.4, 0.5) is 0 Å². The second kappa shape index (κ2) is 5.99. The molecule has 0 aromatic carbocycles. The molecule has 1 saturated carbocycles. The van der Waals surface area contributed by atoms with Crippen molar-refractivity contribution in [2.75, 3.05) is 11.6 Å². The number of hydrogen-bond acceptors (Lipinski definition) is 3. The minimum absolute atomic E-state index is 0.137. The van der Waals surface area contributed by atoms with E-state index in [2.05, 4.69) is 4.98 Å². The normalized spacial score (nSPS) is 16.1. The summed E-state index contributed by atoms with van der Waals surface area (Å²) in [6.45, 7) is 0.442. The molecule has 1 fully saturated rings. The molecule has 18 heavy (non-hydrogen) atoms. The van der Waals surface area contributed by atoms with Gasteiger partial charge in [-0.1, -0.05) is 0 Å². The third-order valence-corrected chi connectivity index (χ3v) is 5.15. The Labute approximate surface area is 113 Å². The fourth-order valence-electron chi connectivity index (χ4n) is 1.84. The maximum absolute atomic E-state index is 12.2. The minimum atomic E-state index is -3.19. The second-order valence-electron chi connectivity index (χ2n) is 4.49. The number of halogens is 1. The maximum atomic E-state index is 12.2. The standard InChI is InChI=1S/C12H17ClN2O2S/c13-6-1-9-18(16,17)15(12-2-3-12)10-11-4-7-14-8-5-11/h4-5,7-8,12H,1-3,6,9-10H2. The lowest BCUT2D eigenvalue weighted by Gasteiger charge is -2.21. The van der Waals surface area contributed by atoms with Crippen LogP contribution in [0.25, 0.3) is 0 Å². The lowest BCUT2D eigenvalue weighted by atomic mass is 10.3. The highest BCUT2D eigenvalue weighted by molar-refractivity contribution is 7.89. The van der Waals surface area contributed by atoms with Gasteiger partial charge >= 0.3 is 0 Å². The minimum Gasteiger partial charge on any atom is -0.265 e. The van der Waals surface area contributed by atoms with Gasteiger partial charge < -0.3 is 0 Å². The Morgan fingerprint density at radius 1 is 1.33 bits per heavy atom. The van der Waals surface area contributed by atoms with E-state index in [4.69, 9.17) is 11.6 Å². The van der Waals surface area contributed by atoms with Gasteiger partial charge in [-0.05, 0) is 37.0 Å². The molecule has 0 atom stereocenters. The highest BCUT2D eigenvalue weighted by Gasteiger charge is 2.36. The van der Waals surface area contributed by atoms with Gasteiger partial charge in [0.15, 0.2) is 0 Å². The summed E-state index contributed by atoms with van der Waals surface area (Å²) in [5.74, 6) is 0.519. The number of nitrogens with zero attached hydrogens (tertiary/aromatic N) is 2. The summed E-state index contributed by atoms with van der Waals surface area (Å²) in [6, 6.07) is 3.89. The number of alkyl halides is 1. The Morgan fingerprint density at radius 3 is 2.56 bits per heavy atom. The number of hydrogen-bond donors (Lipinski definition) is 0. The van der Waals surface area contributed by atoms with Crippen molar-refractivity contribution in [1.29, 1.82) is 0 Å². The van der Waals surface area contributed by atoms with Crippen LogP contribution in [-0.2, 0) is 16.6 Å². The predicted molar refractivity (Wildman–Crippen MR) is 71.9 cm³/mol. The Balaban J connectivity index is 2.09. The summed E-state index contributed by atoms with van der Waals surface area (Å²) < 4.78 is 26.1. The van der Waals surface area contributed by atoms with E-state index < -0.39 is 10.0 Å². The second-order valence-corrected chi connectivity index (χ2v) is 6.91. The molecule has 0 amide bonds. The first-order valence-electron chi connectivity index (χ1n) is 6.08. The summed E-state index contributed by atoms with van der Waals surface area (Å²) >= 11 is 5.58. The molecular weight excluding hydrogens is 272 g/mol. The predicted octanol–water partition coefficient (Wildman–Crippen LogP) is 2.00. The molecule has 0 bridgehead atoms. The van der Waals surface area contributed by atoms with Gasteiger partial charge in [-0.15, -0.1) is 11.6 Å². The van der Waals surface area contributed by atoms with Crippen LogP contribution in [0.3, 0.4) is 0 Å². The average Bonchev–Trinajstić information content (AvgIpc) is 3.19. The van der Waals surface area contributed by atoms with E-state index in [0.717, 1.165) is 18.4 Å². The van der Waals surface area contributed by atoms with E-state index in [0.29, 0.717) is 18.8 Å². The molecule has 1 aliphatic rings. The van der Waals surface area contributed by atoms with Crippen molar-refractivity contribution in [3.8, 4) is 0 Å². The summed E-state index contributed by atoms with van der Waals surface area (Å²) in [5.41, 5.74) is 0.978. The van der Waals surface area contributed by atoms with Gasteiger partial charge in [-0.25, -0.2) is 8.42 Å². The molecule has 1 aromatic heterocycles. The van der Waals surface area contributed by atoms with E-state index in [1.54, 1.807) is 16.7 Å². The quantitative estimate of drug-likeness (QED) is 0.721. The highest BCUT2D eigenvalue weighted by Crippen LogP contribution is 2.31. The highest BCUT2D eigenvalue weighted by atomic mass is 35.5. The number of aromatic nitrogens is 1. The lowest BCUT2D eigenvalue weighted by Crippen LogP contribution is -2.34. The molecule has 0 radical (unpaired) electrons. The number of rotatable bonds is 7. The van der Waals surface area contributed by atoms with Gasteiger partial charge in [0.05, 0.1) is 5.75 Å². The van der Waals surface area contributed by atoms with Crippen LogP contribution in [0.2, 0.25) is 0 Å². The van der Waals surface area contributed by atoms with Crippen LogP contribution < -0.4 is 0 Å². The fraction of sp³-hybridized carbons (Fsp3) is 0.583. The molecule has 0 saturated heterocycles. The van der Waals surface area contributed by atoms with E-state index in [-0.39, 0.29) is 11.8 Å². The van der Waals surface area contributed by atoms with E-state index in [9.17, 15) is 8.42 Å². The van der Waals surface area contributed by atoms with Crippen LogP contribution in [-0.4, -0.2) is 35.4 Å². The summed E-state index contributed by atoms with van der Waals surface area (Å²) in [5, 5.41) is 0. The third kappa shape index (κ3) is 3.67. The van der Waals surface area contributed by atoms with Crippen LogP contribution in [0, 0.1) is 0 Å². The first-order valence-corrected chi connectivity index (χ1v) is 8.22. The van der Waals surface area contributed by atoms with Crippen LogP contribution >= 0.6 is 11.6 Å². The number of sulfonamides is 1. The molecule has 0 unspecified atom stereocenters. The molecule has 0 spiro atoms. The van der Waals surface area contributed by atoms with Gasteiger partial charge in [0.2, 0.25) is 10.0 Å². The summed E-state index contributed by atoms with van der Waals surface area (Å²) in [4.78, 5) is 3.94. The van der Waals surface area contributed by atoms with Crippen LogP contribution in [0.1, 0.15) is 24.8 Å². The van der Waals surface area contributed by atoms with Crippen molar-refractivity contribution in [1.82, 2.24) is 9.29 Å². The molecule has 4 nitrogen and oxygen atoms in total. The zero-order valence-corrected chi connectivity index (χ0v) is 11.7.